The van der Waals surface area contributed by atoms with E-state index in [9.17, 15) is 9.59 Å². The van der Waals surface area contributed by atoms with Gasteiger partial charge in [-0.25, -0.2) is 4.98 Å². The lowest BCUT2D eigenvalue weighted by molar-refractivity contribution is 0.0940. The SMILES string of the molecule is Cc1ccsc1[C@@H](CNC(=O)c1cnc(C(C)(C)C)[nH]c1=O)N(C)C. The van der Waals surface area contributed by atoms with Crippen molar-refractivity contribution in [2.45, 2.75) is 39.2 Å². The molecule has 1 atom stereocenters. The molecule has 2 heterocycles. The lowest BCUT2D eigenvalue weighted by Gasteiger charge is -2.24. The lowest BCUT2D eigenvalue weighted by Crippen LogP contribution is -2.37. The molecule has 0 bridgehead atoms. The van der Waals surface area contributed by atoms with E-state index in [1.807, 2.05) is 40.2 Å². The van der Waals surface area contributed by atoms with Crippen LogP contribution in [0.2, 0.25) is 0 Å². The van der Waals surface area contributed by atoms with Crippen LogP contribution in [0.15, 0.2) is 22.4 Å². The topological polar surface area (TPSA) is 78.1 Å². The molecule has 0 aliphatic rings. The Balaban J connectivity index is 2.14. The highest BCUT2D eigenvalue weighted by molar-refractivity contribution is 7.10. The maximum Gasteiger partial charge on any atom is 0.263 e. The second kappa shape index (κ2) is 7.49. The summed E-state index contributed by atoms with van der Waals surface area (Å²) in [4.78, 5) is 34.9. The number of hydrogen-bond acceptors (Lipinski definition) is 5. The Hall–Kier alpha value is -1.99. The summed E-state index contributed by atoms with van der Waals surface area (Å²) in [5, 5.41) is 4.91. The number of thiophene rings is 1. The highest BCUT2D eigenvalue weighted by atomic mass is 32.1. The molecule has 0 fully saturated rings. The third-order valence-corrected chi connectivity index (χ3v) is 5.16. The summed E-state index contributed by atoms with van der Waals surface area (Å²) in [5.74, 6) is 0.157. The normalized spacial score (nSPS) is 13.1. The number of aromatic nitrogens is 2. The molecule has 6 nitrogen and oxygen atoms in total. The first-order valence-electron chi connectivity index (χ1n) is 8.19. The molecule has 25 heavy (non-hydrogen) atoms. The molecule has 0 aromatic carbocycles. The number of carbonyl (C=O) groups is 1. The van der Waals surface area contributed by atoms with Gasteiger partial charge in [0, 0.05) is 23.0 Å². The first-order valence-corrected chi connectivity index (χ1v) is 9.07. The molecule has 0 aliphatic carbocycles. The van der Waals surface area contributed by atoms with E-state index in [2.05, 4.69) is 33.2 Å². The zero-order valence-electron chi connectivity index (χ0n) is 15.6. The van der Waals surface area contributed by atoms with Gasteiger partial charge in [-0.2, -0.15) is 0 Å². The number of aryl methyl sites for hydroxylation is 1. The Morgan fingerprint density at radius 1 is 1.40 bits per heavy atom. The third-order valence-electron chi connectivity index (χ3n) is 4.04. The minimum Gasteiger partial charge on any atom is -0.350 e. The fraction of sp³-hybridized carbons (Fsp3) is 0.500. The van der Waals surface area contributed by atoms with Crippen molar-refractivity contribution in [3.05, 3.63) is 49.8 Å². The van der Waals surface area contributed by atoms with E-state index in [1.54, 1.807) is 11.3 Å². The maximum atomic E-state index is 12.4. The summed E-state index contributed by atoms with van der Waals surface area (Å²) in [6.07, 6.45) is 1.36. The van der Waals surface area contributed by atoms with Crippen molar-refractivity contribution in [1.29, 1.82) is 0 Å². The molecule has 136 valence electrons. The molecule has 0 saturated carbocycles. The summed E-state index contributed by atoms with van der Waals surface area (Å²) >= 11 is 1.67. The van der Waals surface area contributed by atoms with Crippen molar-refractivity contribution < 1.29 is 4.79 Å². The maximum absolute atomic E-state index is 12.4. The first-order chi connectivity index (χ1) is 11.6. The van der Waals surface area contributed by atoms with Crippen LogP contribution >= 0.6 is 11.3 Å². The van der Waals surface area contributed by atoms with Crippen molar-refractivity contribution in [3.8, 4) is 0 Å². The first kappa shape index (κ1) is 19.3. The molecule has 2 aromatic rings. The van der Waals surface area contributed by atoms with Crippen LogP contribution in [0, 0.1) is 6.92 Å². The average molecular weight is 362 g/mol. The molecule has 2 N–H and O–H groups in total. The smallest absolute Gasteiger partial charge is 0.263 e. The van der Waals surface area contributed by atoms with Crippen LogP contribution in [0.5, 0.6) is 0 Å². The van der Waals surface area contributed by atoms with Gasteiger partial charge in [-0.05, 0) is 38.0 Å². The van der Waals surface area contributed by atoms with Crippen molar-refractivity contribution in [3.63, 3.8) is 0 Å². The number of rotatable bonds is 5. The van der Waals surface area contributed by atoms with Gasteiger partial charge in [0.2, 0.25) is 0 Å². The third kappa shape index (κ3) is 4.55. The van der Waals surface area contributed by atoms with Gasteiger partial charge in [-0.1, -0.05) is 20.8 Å². The van der Waals surface area contributed by atoms with Gasteiger partial charge in [0.25, 0.3) is 11.5 Å². The second-order valence-electron chi connectivity index (χ2n) is 7.38. The molecule has 7 heteroatoms. The fourth-order valence-electron chi connectivity index (χ4n) is 2.46. The molecule has 0 saturated heterocycles. The number of H-pyrrole nitrogens is 1. The lowest BCUT2D eigenvalue weighted by atomic mass is 9.96. The minimum absolute atomic E-state index is 0.0356. The quantitative estimate of drug-likeness (QED) is 0.856. The van der Waals surface area contributed by atoms with Crippen molar-refractivity contribution in [2.75, 3.05) is 20.6 Å². The molecule has 2 aromatic heterocycles. The van der Waals surface area contributed by atoms with E-state index >= 15 is 0 Å². The van der Waals surface area contributed by atoms with E-state index in [0.29, 0.717) is 12.4 Å². The number of nitrogens with zero attached hydrogens (tertiary/aromatic N) is 2. The zero-order chi connectivity index (χ0) is 18.8. The van der Waals surface area contributed by atoms with Gasteiger partial charge >= 0.3 is 0 Å². The number of hydrogen-bond donors (Lipinski definition) is 2. The van der Waals surface area contributed by atoms with Crippen molar-refractivity contribution in [2.24, 2.45) is 0 Å². The summed E-state index contributed by atoms with van der Waals surface area (Å²) in [6.45, 7) is 8.35. The highest BCUT2D eigenvalue weighted by Gasteiger charge is 2.22. The molecular weight excluding hydrogens is 336 g/mol. The predicted molar refractivity (Wildman–Crippen MR) is 101 cm³/mol. The fourth-order valence-corrected chi connectivity index (χ4v) is 3.58. The van der Waals surface area contributed by atoms with Crippen LogP contribution in [-0.2, 0) is 5.41 Å². The Morgan fingerprint density at radius 2 is 2.08 bits per heavy atom. The van der Waals surface area contributed by atoms with E-state index < -0.39 is 11.5 Å². The Morgan fingerprint density at radius 3 is 2.56 bits per heavy atom. The Labute approximate surface area is 152 Å². The van der Waals surface area contributed by atoms with Crippen LogP contribution in [-0.4, -0.2) is 41.4 Å². The van der Waals surface area contributed by atoms with Crippen LogP contribution in [0.3, 0.4) is 0 Å². The molecular formula is C18H26N4O2S. The molecule has 1 amide bonds. The van der Waals surface area contributed by atoms with Crippen molar-refractivity contribution in [1.82, 2.24) is 20.2 Å². The van der Waals surface area contributed by atoms with E-state index in [0.717, 1.165) is 0 Å². The summed E-state index contributed by atoms with van der Waals surface area (Å²) in [5.41, 5.74) is 0.549. The molecule has 0 radical (unpaired) electrons. The molecule has 2 rings (SSSR count). The Kier molecular flexibility index (Phi) is 5.80. The second-order valence-corrected chi connectivity index (χ2v) is 8.33. The predicted octanol–water partition coefficient (Wildman–Crippen LogP) is 2.47. The number of likely N-dealkylation sites (N-methyl/N-ethyl adjacent to an activating group) is 1. The van der Waals surface area contributed by atoms with Crippen LogP contribution in [0.1, 0.15) is 53.4 Å². The van der Waals surface area contributed by atoms with Gasteiger partial charge in [-0.15, -0.1) is 11.3 Å². The van der Waals surface area contributed by atoms with Gasteiger partial charge in [-0.3, -0.25) is 9.59 Å². The largest absolute Gasteiger partial charge is 0.350 e. The Bertz CT molecular complexity index is 802. The van der Waals surface area contributed by atoms with E-state index in [4.69, 9.17) is 0 Å². The van der Waals surface area contributed by atoms with E-state index in [-0.39, 0.29) is 17.0 Å². The van der Waals surface area contributed by atoms with Gasteiger partial charge < -0.3 is 15.2 Å². The van der Waals surface area contributed by atoms with Crippen molar-refractivity contribution >= 4 is 17.2 Å². The number of carbonyl (C=O) groups excluding carboxylic acids is 1. The number of aromatic amines is 1. The molecule has 0 unspecified atom stereocenters. The summed E-state index contributed by atoms with van der Waals surface area (Å²) in [6, 6.07) is 2.13. The van der Waals surface area contributed by atoms with Gasteiger partial charge in [0.15, 0.2) is 0 Å². The van der Waals surface area contributed by atoms with Crippen LogP contribution in [0.25, 0.3) is 0 Å². The average Bonchev–Trinajstić information content (AvgIpc) is 2.92. The minimum atomic E-state index is -0.411. The molecule has 0 aliphatic heterocycles. The standard InChI is InChI=1S/C18H26N4O2S/c1-11-7-8-25-14(11)13(22(5)6)10-19-15(23)12-9-20-17(18(2,3)4)21-16(12)24/h7-9,13H,10H2,1-6H3,(H,19,23)(H,20,21,24)/t13-/m1/s1. The van der Waals surface area contributed by atoms with Gasteiger partial charge in [0.05, 0.1) is 6.04 Å². The van der Waals surface area contributed by atoms with Gasteiger partial charge in [0.1, 0.15) is 11.4 Å². The van der Waals surface area contributed by atoms with Crippen LogP contribution in [0.4, 0.5) is 0 Å². The zero-order valence-corrected chi connectivity index (χ0v) is 16.5. The highest BCUT2D eigenvalue weighted by Crippen LogP contribution is 2.26. The van der Waals surface area contributed by atoms with Crippen LogP contribution < -0.4 is 10.9 Å². The molecule has 0 spiro atoms. The summed E-state index contributed by atoms with van der Waals surface area (Å²) in [7, 11) is 3.95. The number of amides is 1. The summed E-state index contributed by atoms with van der Waals surface area (Å²) < 4.78 is 0. The van der Waals surface area contributed by atoms with E-state index in [1.165, 1.54) is 16.6 Å². The monoisotopic (exact) mass is 362 g/mol. The number of nitrogens with one attached hydrogen (secondary N) is 2.